The molecule has 3 N–H and O–H groups in total. The molecule has 1 aliphatic carbocycles. The van der Waals surface area contributed by atoms with E-state index in [0.717, 1.165) is 0 Å². The summed E-state index contributed by atoms with van der Waals surface area (Å²) < 4.78 is 1.85. The Morgan fingerprint density at radius 2 is 1.90 bits per heavy atom. The van der Waals surface area contributed by atoms with Crippen molar-refractivity contribution in [3.8, 4) is 11.3 Å². The number of halogens is 1. The van der Waals surface area contributed by atoms with Crippen molar-refractivity contribution in [1.82, 2.24) is 34.6 Å². The van der Waals surface area contributed by atoms with Crippen molar-refractivity contribution in [2.45, 2.75) is 58.5 Å². The molecule has 216 valence electrons. The van der Waals surface area contributed by atoms with Crippen molar-refractivity contribution in [3.63, 3.8) is 0 Å². The highest BCUT2D eigenvalue weighted by atomic mass is 79.9. The summed E-state index contributed by atoms with van der Waals surface area (Å²) in [6.45, 7) is 4.37. The van der Waals surface area contributed by atoms with Gasteiger partial charge in [0.2, 0.25) is 5.91 Å². The third-order valence-electron chi connectivity index (χ3n) is 8.09. The van der Waals surface area contributed by atoms with Gasteiger partial charge >= 0.3 is 0 Å². The van der Waals surface area contributed by atoms with Crippen LogP contribution in [0, 0.1) is 12.3 Å². The number of aliphatic hydroxyl groups is 2. The normalized spacial score (nSPS) is 22.7. The van der Waals surface area contributed by atoms with Gasteiger partial charge in [-0.25, -0.2) is 15.0 Å². The molecule has 4 atom stereocenters. The van der Waals surface area contributed by atoms with Gasteiger partial charge in [-0.1, -0.05) is 13.0 Å². The van der Waals surface area contributed by atoms with Crippen LogP contribution >= 0.6 is 15.9 Å². The average Bonchev–Trinajstić information content (AvgIpc) is 3.42. The van der Waals surface area contributed by atoms with Crippen molar-refractivity contribution in [3.05, 3.63) is 58.5 Å². The number of nitrogens with one attached hydrogen (secondary N) is 1. The first-order chi connectivity index (χ1) is 20.0. The predicted octanol–water partition coefficient (Wildman–Crippen LogP) is 2.04. The number of Topliss-reactive ketones (excluding diaryl/α,β-unsaturated/α-hetero) is 1. The molecule has 1 aliphatic heterocycles. The van der Waals surface area contributed by atoms with Crippen molar-refractivity contribution in [1.29, 1.82) is 0 Å². The molecule has 4 aromatic heterocycles. The summed E-state index contributed by atoms with van der Waals surface area (Å²) in [6, 6.07) is 3.43. The molecule has 42 heavy (non-hydrogen) atoms. The molecule has 2 aliphatic rings. The SMILES string of the molecule is CC(=O)c1nn(CC(=O)N2[C@H](C(=O)Nc3nc(Br)ccc3CO)C(O)[C@@]3(C)C[C@@H]23)c2cnc(-c3cnc(C)nc3)cc12. The van der Waals surface area contributed by atoms with Gasteiger partial charge in [0.25, 0.3) is 5.91 Å². The van der Waals surface area contributed by atoms with Crippen molar-refractivity contribution >= 4 is 50.2 Å². The Labute approximate surface area is 248 Å². The van der Waals surface area contributed by atoms with E-state index < -0.39 is 29.4 Å². The molecule has 2 fully saturated rings. The molecule has 5 heterocycles. The minimum atomic E-state index is -1.19. The Bertz CT molecular complexity index is 1760. The van der Waals surface area contributed by atoms with Crippen LogP contribution in [-0.4, -0.2) is 80.6 Å². The first-order valence-corrected chi connectivity index (χ1v) is 14.0. The van der Waals surface area contributed by atoms with Gasteiger partial charge in [-0.15, -0.1) is 0 Å². The number of carbonyl (C=O) groups is 3. The number of amides is 2. The maximum absolute atomic E-state index is 13.8. The fourth-order valence-electron chi connectivity index (χ4n) is 5.63. The van der Waals surface area contributed by atoms with Crippen LogP contribution < -0.4 is 5.32 Å². The number of ketones is 1. The molecule has 1 unspecified atom stereocenters. The summed E-state index contributed by atoms with van der Waals surface area (Å²) in [5.41, 5.74) is 1.61. The number of piperidine rings is 1. The number of rotatable bonds is 7. The quantitative estimate of drug-likeness (QED) is 0.201. The van der Waals surface area contributed by atoms with E-state index in [4.69, 9.17) is 0 Å². The lowest BCUT2D eigenvalue weighted by molar-refractivity contribution is -0.141. The lowest BCUT2D eigenvalue weighted by Gasteiger charge is -2.29. The van der Waals surface area contributed by atoms with Gasteiger partial charge in [0.15, 0.2) is 5.78 Å². The van der Waals surface area contributed by atoms with E-state index in [9.17, 15) is 24.6 Å². The fourth-order valence-corrected chi connectivity index (χ4v) is 5.94. The molecule has 4 aromatic rings. The molecular formula is C28H27BrN8O5. The average molecular weight is 635 g/mol. The maximum Gasteiger partial charge on any atom is 0.251 e. The molecule has 6 rings (SSSR count). The summed E-state index contributed by atoms with van der Waals surface area (Å²) in [5, 5.41) is 28.5. The van der Waals surface area contributed by atoms with Gasteiger partial charge in [0.05, 0.1) is 30.1 Å². The second-order valence-electron chi connectivity index (χ2n) is 10.9. The maximum atomic E-state index is 13.8. The summed E-state index contributed by atoms with van der Waals surface area (Å²) in [6.07, 6.45) is 4.25. The third kappa shape index (κ3) is 4.64. The summed E-state index contributed by atoms with van der Waals surface area (Å²) in [5.74, 6) is -0.602. The van der Waals surface area contributed by atoms with E-state index in [2.05, 4.69) is 46.3 Å². The number of carbonyl (C=O) groups excluding carboxylic acids is 3. The first kappa shape index (κ1) is 28.0. The monoisotopic (exact) mass is 634 g/mol. The highest BCUT2D eigenvalue weighted by Crippen LogP contribution is 2.59. The van der Waals surface area contributed by atoms with Crippen molar-refractivity contribution in [2.24, 2.45) is 5.41 Å². The number of hydrogen-bond donors (Lipinski definition) is 3. The Balaban J connectivity index is 1.31. The number of aliphatic hydroxyl groups excluding tert-OH is 2. The lowest BCUT2D eigenvalue weighted by atomic mass is 9.97. The minimum Gasteiger partial charge on any atom is -0.392 e. The van der Waals surface area contributed by atoms with E-state index in [1.165, 1.54) is 22.7 Å². The van der Waals surface area contributed by atoms with Crippen LogP contribution in [0.4, 0.5) is 5.82 Å². The third-order valence-corrected chi connectivity index (χ3v) is 8.53. The second kappa shape index (κ2) is 10.3. The number of anilines is 1. The summed E-state index contributed by atoms with van der Waals surface area (Å²) in [4.78, 5) is 58.4. The topological polar surface area (TPSA) is 176 Å². The summed E-state index contributed by atoms with van der Waals surface area (Å²) >= 11 is 3.26. The Hall–Kier alpha value is -4.14. The molecule has 13 nitrogen and oxygen atoms in total. The molecule has 0 spiro atoms. The van der Waals surface area contributed by atoms with Crippen LogP contribution in [-0.2, 0) is 22.7 Å². The number of nitrogens with zero attached hydrogens (tertiary/aromatic N) is 7. The molecule has 1 saturated heterocycles. The molecule has 2 amide bonds. The zero-order valence-electron chi connectivity index (χ0n) is 22.9. The molecule has 0 radical (unpaired) electrons. The smallest absolute Gasteiger partial charge is 0.251 e. The van der Waals surface area contributed by atoms with Gasteiger partial charge in [0, 0.05) is 47.3 Å². The van der Waals surface area contributed by atoms with Crippen LogP contribution in [0.5, 0.6) is 0 Å². The van der Waals surface area contributed by atoms with E-state index in [-0.39, 0.29) is 36.5 Å². The standard InChI is InChI=1S/C28H27BrN8O5/c1-13(39)23-17-6-18(16-8-30-14(2)31-9-16)32-10-19(17)36(35-23)11-22(40)37-20-7-28(20,3)25(41)24(37)27(42)34-26-15(12-38)4-5-21(29)33-26/h4-6,8-10,20,24-25,38,41H,7,11-12H2,1-3H3,(H,33,34,42)/t20-,24+,25?,28+/m1/s1. The van der Waals surface area contributed by atoms with Gasteiger partial charge in [-0.2, -0.15) is 5.10 Å². The van der Waals surface area contributed by atoms with E-state index >= 15 is 0 Å². The largest absolute Gasteiger partial charge is 0.392 e. The highest BCUT2D eigenvalue weighted by Gasteiger charge is 2.70. The van der Waals surface area contributed by atoms with Crippen molar-refractivity contribution in [2.75, 3.05) is 5.32 Å². The van der Waals surface area contributed by atoms with Gasteiger partial charge in [-0.05, 0) is 41.4 Å². The fraction of sp³-hybridized carbons (Fsp3) is 0.357. The summed E-state index contributed by atoms with van der Waals surface area (Å²) in [7, 11) is 0. The van der Waals surface area contributed by atoms with Crippen LogP contribution in [0.2, 0.25) is 0 Å². The van der Waals surface area contributed by atoms with Crippen LogP contribution in [0.25, 0.3) is 22.2 Å². The molecule has 0 bridgehead atoms. The van der Waals surface area contributed by atoms with Crippen LogP contribution in [0.15, 0.2) is 41.4 Å². The number of fused-ring (bicyclic) bond motifs is 2. The van der Waals surface area contributed by atoms with Crippen molar-refractivity contribution < 1.29 is 24.6 Å². The zero-order valence-corrected chi connectivity index (χ0v) is 24.5. The van der Waals surface area contributed by atoms with Crippen LogP contribution in [0.3, 0.4) is 0 Å². The van der Waals surface area contributed by atoms with Gasteiger partial charge in [0.1, 0.15) is 34.5 Å². The number of aryl methyl sites for hydroxylation is 1. The first-order valence-electron chi connectivity index (χ1n) is 13.2. The van der Waals surface area contributed by atoms with Gasteiger partial charge in [-0.3, -0.25) is 24.0 Å². The Kier molecular flexibility index (Phi) is 6.86. The predicted molar refractivity (Wildman–Crippen MR) is 153 cm³/mol. The van der Waals surface area contributed by atoms with E-state index in [1.807, 2.05) is 6.92 Å². The number of pyridine rings is 2. The second-order valence-corrected chi connectivity index (χ2v) is 11.7. The number of aromatic nitrogens is 6. The molecule has 14 heteroatoms. The Morgan fingerprint density at radius 1 is 1.17 bits per heavy atom. The van der Waals surface area contributed by atoms with E-state index in [1.54, 1.807) is 37.5 Å². The van der Waals surface area contributed by atoms with E-state index in [0.29, 0.717) is 44.6 Å². The number of likely N-dealkylation sites (tertiary alicyclic amines) is 1. The molecule has 1 saturated carbocycles. The molecule has 0 aromatic carbocycles. The highest BCUT2D eigenvalue weighted by molar-refractivity contribution is 9.10. The van der Waals surface area contributed by atoms with Gasteiger partial charge < -0.3 is 20.4 Å². The minimum absolute atomic E-state index is 0.132. The lowest BCUT2D eigenvalue weighted by Crippen LogP contribution is -2.51. The number of hydrogen-bond acceptors (Lipinski definition) is 10. The zero-order chi connectivity index (χ0) is 29.9. The Morgan fingerprint density at radius 3 is 2.60 bits per heavy atom. The molecular weight excluding hydrogens is 608 g/mol. The van der Waals surface area contributed by atoms with Crippen LogP contribution in [0.1, 0.15) is 42.1 Å².